The third-order valence-corrected chi connectivity index (χ3v) is 3.18. The first-order chi connectivity index (χ1) is 8.22. The quantitative estimate of drug-likeness (QED) is 0.817. The van der Waals surface area contributed by atoms with Crippen LogP contribution >= 0.6 is 0 Å². The van der Waals surface area contributed by atoms with Crippen LogP contribution in [0.5, 0.6) is 0 Å². The van der Waals surface area contributed by atoms with Crippen molar-refractivity contribution < 1.29 is 4.79 Å². The van der Waals surface area contributed by atoms with Crippen LogP contribution in [0.15, 0.2) is 18.5 Å². The molecule has 1 aliphatic rings. The van der Waals surface area contributed by atoms with Crippen LogP contribution in [0.25, 0.3) is 0 Å². The van der Waals surface area contributed by atoms with E-state index in [2.05, 4.69) is 15.2 Å². The smallest absolute Gasteiger partial charge is 0.240 e. The van der Waals surface area contributed by atoms with Gasteiger partial charge in [0.25, 0.3) is 0 Å². The maximum atomic E-state index is 11.4. The van der Waals surface area contributed by atoms with Gasteiger partial charge < -0.3 is 16.0 Å². The summed E-state index contributed by atoms with van der Waals surface area (Å²) in [7, 11) is 1.85. The summed E-state index contributed by atoms with van der Waals surface area (Å²) in [4.78, 5) is 17.7. The number of carbonyl (C=O) groups excluding carboxylic acids is 1. The first-order valence-corrected chi connectivity index (χ1v) is 5.91. The summed E-state index contributed by atoms with van der Waals surface area (Å²) >= 11 is 0. The molecule has 1 atom stereocenters. The Morgan fingerprint density at radius 2 is 2.35 bits per heavy atom. The number of nitrogens with two attached hydrogens (primary N) is 1. The van der Waals surface area contributed by atoms with E-state index < -0.39 is 0 Å². The van der Waals surface area contributed by atoms with Crippen molar-refractivity contribution in [1.82, 2.24) is 4.98 Å². The minimum Gasteiger partial charge on any atom is -0.387 e. The molecule has 92 valence electrons. The number of hydrogen-bond acceptors (Lipinski definition) is 4. The van der Waals surface area contributed by atoms with Gasteiger partial charge in [-0.3, -0.25) is 9.78 Å². The third kappa shape index (κ3) is 2.49. The molecule has 0 spiro atoms. The van der Waals surface area contributed by atoms with E-state index >= 15 is 0 Å². The molecule has 0 bridgehead atoms. The van der Waals surface area contributed by atoms with Crippen molar-refractivity contribution in [3.05, 3.63) is 18.5 Å². The molecule has 1 aromatic rings. The predicted octanol–water partition coefficient (Wildman–Crippen LogP) is 0.967. The molecule has 0 saturated carbocycles. The Bertz CT molecular complexity index is 407. The SMILES string of the molecule is CNc1cncc(N2CCCCC2C(N)=O)c1. The van der Waals surface area contributed by atoms with E-state index in [1.54, 1.807) is 12.4 Å². The lowest BCUT2D eigenvalue weighted by molar-refractivity contribution is -0.119. The Balaban J connectivity index is 2.26. The summed E-state index contributed by atoms with van der Waals surface area (Å²) in [6.45, 7) is 0.864. The van der Waals surface area contributed by atoms with Gasteiger partial charge in [0, 0.05) is 13.6 Å². The number of piperidine rings is 1. The van der Waals surface area contributed by atoms with Crippen molar-refractivity contribution in [2.45, 2.75) is 25.3 Å². The molecular weight excluding hydrogens is 216 g/mol. The van der Waals surface area contributed by atoms with E-state index in [0.717, 1.165) is 37.2 Å². The molecule has 1 aliphatic heterocycles. The molecule has 5 heteroatoms. The highest BCUT2D eigenvalue weighted by Gasteiger charge is 2.27. The van der Waals surface area contributed by atoms with Gasteiger partial charge in [0.15, 0.2) is 0 Å². The molecule has 1 aromatic heterocycles. The Labute approximate surface area is 101 Å². The molecule has 3 N–H and O–H groups in total. The predicted molar refractivity (Wildman–Crippen MR) is 68.0 cm³/mol. The van der Waals surface area contributed by atoms with Crippen LogP contribution in [0, 0.1) is 0 Å². The lowest BCUT2D eigenvalue weighted by Crippen LogP contribution is -2.47. The minimum atomic E-state index is -0.250. The lowest BCUT2D eigenvalue weighted by atomic mass is 10.0. The Morgan fingerprint density at radius 1 is 1.53 bits per heavy atom. The highest BCUT2D eigenvalue weighted by atomic mass is 16.1. The zero-order valence-electron chi connectivity index (χ0n) is 10.0. The van der Waals surface area contributed by atoms with Crippen LogP contribution in [-0.2, 0) is 4.79 Å². The van der Waals surface area contributed by atoms with Gasteiger partial charge in [-0.1, -0.05) is 0 Å². The molecule has 5 nitrogen and oxygen atoms in total. The summed E-state index contributed by atoms with van der Waals surface area (Å²) in [5, 5.41) is 3.05. The topological polar surface area (TPSA) is 71.2 Å². The standard InChI is InChI=1S/C12H18N4O/c1-14-9-6-10(8-15-7-9)16-5-3-2-4-11(16)12(13)17/h6-8,11,14H,2-5H2,1H3,(H2,13,17). The number of nitrogens with zero attached hydrogens (tertiary/aromatic N) is 2. The molecule has 1 fully saturated rings. The van der Waals surface area contributed by atoms with E-state index in [0.29, 0.717) is 0 Å². The molecule has 17 heavy (non-hydrogen) atoms. The van der Waals surface area contributed by atoms with Gasteiger partial charge in [-0.05, 0) is 25.3 Å². The van der Waals surface area contributed by atoms with Crippen molar-refractivity contribution in [3.63, 3.8) is 0 Å². The summed E-state index contributed by atoms with van der Waals surface area (Å²) in [5.41, 5.74) is 7.35. The molecular formula is C12H18N4O. The van der Waals surface area contributed by atoms with Crippen LogP contribution < -0.4 is 16.0 Å². The van der Waals surface area contributed by atoms with Gasteiger partial charge in [-0.15, -0.1) is 0 Å². The van der Waals surface area contributed by atoms with Gasteiger partial charge >= 0.3 is 0 Å². The van der Waals surface area contributed by atoms with E-state index in [9.17, 15) is 4.79 Å². The van der Waals surface area contributed by atoms with E-state index in [4.69, 9.17) is 5.73 Å². The molecule has 2 rings (SSSR count). The van der Waals surface area contributed by atoms with Crippen LogP contribution in [0.2, 0.25) is 0 Å². The summed E-state index contributed by atoms with van der Waals surface area (Å²) < 4.78 is 0. The van der Waals surface area contributed by atoms with E-state index in [1.807, 2.05) is 13.1 Å². The van der Waals surface area contributed by atoms with Crippen molar-refractivity contribution in [2.24, 2.45) is 5.73 Å². The van der Waals surface area contributed by atoms with Crippen LogP contribution in [0.3, 0.4) is 0 Å². The highest BCUT2D eigenvalue weighted by molar-refractivity contribution is 5.84. The number of nitrogens with one attached hydrogen (secondary N) is 1. The molecule has 1 amide bonds. The fourth-order valence-corrected chi connectivity index (χ4v) is 2.26. The van der Waals surface area contributed by atoms with Crippen LogP contribution in [-0.4, -0.2) is 30.5 Å². The van der Waals surface area contributed by atoms with E-state index in [1.165, 1.54) is 0 Å². The third-order valence-electron chi connectivity index (χ3n) is 3.18. The number of carbonyl (C=O) groups is 1. The maximum Gasteiger partial charge on any atom is 0.240 e. The Morgan fingerprint density at radius 3 is 3.06 bits per heavy atom. The second-order valence-electron chi connectivity index (χ2n) is 4.29. The number of pyridine rings is 1. The first kappa shape index (κ1) is 11.7. The number of aromatic nitrogens is 1. The average Bonchev–Trinajstić information content (AvgIpc) is 2.39. The molecule has 2 heterocycles. The molecule has 0 aliphatic carbocycles. The van der Waals surface area contributed by atoms with Crippen molar-refractivity contribution >= 4 is 17.3 Å². The summed E-state index contributed by atoms with van der Waals surface area (Å²) in [5.74, 6) is -0.250. The largest absolute Gasteiger partial charge is 0.387 e. The average molecular weight is 234 g/mol. The maximum absolute atomic E-state index is 11.4. The van der Waals surface area contributed by atoms with Gasteiger partial charge in [0.1, 0.15) is 6.04 Å². The zero-order valence-corrected chi connectivity index (χ0v) is 10.0. The van der Waals surface area contributed by atoms with Crippen molar-refractivity contribution in [3.8, 4) is 0 Å². The monoisotopic (exact) mass is 234 g/mol. The Hall–Kier alpha value is -1.78. The second-order valence-corrected chi connectivity index (χ2v) is 4.29. The van der Waals surface area contributed by atoms with Gasteiger partial charge in [-0.25, -0.2) is 0 Å². The molecule has 1 unspecified atom stereocenters. The zero-order chi connectivity index (χ0) is 12.3. The van der Waals surface area contributed by atoms with Crippen LogP contribution in [0.1, 0.15) is 19.3 Å². The van der Waals surface area contributed by atoms with Gasteiger partial charge in [0.05, 0.1) is 23.8 Å². The fourth-order valence-electron chi connectivity index (χ4n) is 2.26. The molecule has 0 aromatic carbocycles. The van der Waals surface area contributed by atoms with Gasteiger partial charge in [-0.2, -0.15) is 0 Å². The lowest BCUT2D eigenvalue weighted by Gasteiger charge is -2.35. The number of amides is 1. The highest BCUT2D eigenvalue weighted by Crippen LogP contribution is 2.25. The number of anilines is 2. The van der Waals surface area contributed by atoms with Crippen molar-refractivity contribution in [2.75, 3.05) is 23.8 Å². The molecule has 0 radical (unpaired) electrons. The molecule has 1 saturated heterocycles. The minimum absolute atomic E-state index is 0.197. The first-order valence-electron chi connectivity index (χ1n) is 5.91. The van der Waals surface area contributed by atoms with Crippen LogP contribution in [0.4, 0.5) is 11.4 Å². The van der Waals surface area contributed by atoms with Gasteiger partial charge in [0.2, 0.25) is 5.91 Å². The van der Waals surface area contributed by atoms with E-state index in [-0.39, 0.29) is 11.9 Å². The number of primary amides is 1. The fraction of sp³-hybridized carbons (Fsp3) is 0.500. The summed E-state index contributed by atoms with van der Waals surface area (Å²) in [6, 6.07) is 1.80. The summed E-state index contributed by atoms with van der Waals surface area (Å²) in [6.07, 6.45) is 6.52. The van der Waals surface area contributed by atoms with Crippen molar-refractivity contribution in [1.29, 1.82) is 0 Å². The normalized spacial score (nSPS) is 20.1. The Kier molecular flexibility index (Phi) is 3.46. The second kappa shape index (κ2) is 5.03. The number of rotatable bonds is 3. The number of hydrogen-bond donors (Lipinski definition) is 2.